The molecule has 2 saturated carbocycles. The van der Waals surface area contributed by atoms with Gasteiger partial charge in [-0.15, -0.1) is 0 Å². The third-order valence-electron chi connectivity index (χ3n) is 11.2. The van der Waals surface area contributed by atoms with Crippen molar-refractivity contribution in [2.24, 2.45) is 34.5 Å². The second-order valence-corrected chi connectivity index (χ2v) is 13.9. The molecule has 6 rings (SSSR count). The van der Waals surface area contributed by atoms with E-state index in [2.05, 4.69) is 26.8 Å². The van der Waals surface area contributed by atoms with Crippen molar-refractivity contribution in [2.75, 3.05) is 26.9 Å². The van der Waals surface area contributed by atoms with Crippen molar-refractivity contribution in [1.82, 2.24) is 4.90 Å². The minimum Gasteiger partial charge on any atom is -0.438 e. The van der Waals surface area contributed by atoms with E-state index in [1.165, 1.54) is 0 Å². The Morgan fingerprint density at radius 3 is 2.55 bits per heavy atom. The summed E-state index contributed by atoms with van der Waals surface area (Å²) in [6, 6.07) is 0.0227. The molecular formula is C30H45NO7. The SMILES string of the molecule is CC1=C[C@]23C(O)[C@@H](C=C4COC(C)(C)O[C@H]4[C@]2(O)[C@H]1OC(=O)N(C)C1CCOCC1)[C@H]1C(C[C@H]3C)C1(C)C. The Labute approximate surface area is 226 Å². The van der Waals surface area contributed by atoms with Crippen LogP contribution in [0.5, 0.6) is 0 Å². The molecule has 2 saturated heterocycles. The first-order chi connectivity index (χ1) is 17.8. The van der Waals surface area contributed by atoms with Crippen LogP contribution in [0, 0.1) is 34.5 Å². The van der Waals surface area contributed by atoms with Gasteiger partial charge in [-0.25, -0.2) is 4.79 Å². The van der Waals surface area contributed by atoms with Crippen molar-refractivity contribution in [1.29, 1.82) is 0 Å². The van der Waals surface area contributed by atoms with E-state index >= 15 is 0 Å². The van der Waals surface area contributed by atoms with Crippen molar-refractivity contribution in [3.05, 3.63) is 23.3 Å². The first-order valence-electron chi connectivity index (χ1n) is 14.4. The summed E-state index contributed by atoms with van der Waals surface area (Å²) in [7, 11) is 1.76. The molecule has 2 unspecified atom stereocenters. The van der Waals surface area contributed by atoms with Crippen molar-refractivity contribution >= 4 is 6.09 Å². The lowest BCUT2D eigenvalue weighted by atomic mass is 9.58. The Bertz CT molecular complexity index is 1060. The summed E-state index contributed by atoms with van der Waals surface area (Å²) in [5, 5.41) is 25.5. The average Bonchev–Trinajstić information content (AvgIpc) is 3.36. The average molecular weight is 532 g/mol. The monoisotopic (exact) mass is 531 g/mol. The Hall–Kier alpha value is -1.45. The predicted octanol–water partition coefficient (Wildman–Crippen LogP) is 3.66. The van der Waals surface area contributed by atoms with Crippen LogP contribution >= 0.6 is 0 Å². The second-order valence-electron chi connectivity index (χ2n) is 13.9. The smallest absolute Gasteiger partial charge is 0.410 e. The van der Waals surface area contributed by atoms with Gasteiger partial charge in [-0.05, 0) is 74.3 Å². The number of aliphatic hydroxyl groups excluding tert-OH is 1. The largest absolute Gasteiger partial charge is 0.438 e. The number of amides is 1. The summed E-state index contributed by atoms with van der Waals surface area (Å²) in [4.78, 5) is 15.2. The molecule has 8 heteroatoms. The van der Waals surface area contributed by atoms with Crippen LogP contribution in [0.4, 0.5) is 4.79 Å². The summed E-state index contributed by atoms with van der Waals surface area (Å²) in [5.74, 6) is -0.391. The summed E-state index contributed by atoms with van der Waals surface area (Å²) in [6.07, 6.45) is 3.47. The number of ether oxygens (including phenoxy) is 4. The van der Waals surface area contributed by atoms with Gasteiger partial charge < -0.3 is 34.1 Å². The molecule has 38 heavy (non-hydrogen) atoms. The van der Waals surface area contributed by atoms with E-state index in [-0.39, 0.29) is 23.3 Å². The highest BCUT2D eigenvalue weighted by molar-refractivity contribution is 5.69. The van der Waals surface area contributed by atoms with Crippen molar-refractivity contribution in [3.8, 4) is 0 Å². The molecule has 212 valence electrons. The fourth-order valence-corrected chi connectivity index (χ4v) is 9.01. The zero-order chi connectivity index (χ0) is 27.4. The van der Waals surface area contributed by atoms with Gasteiger partial charge in [0.15, 0.2) is 11.9 Å². The normalized spacial score (nSPS) is 46.8. The van der Waals surface area contributed by atoms with Crippen LogP contribution in [0.2, 0.25) is 0 Å². The van der Waals surface area contributed by atoms with Gasteiger partial charge in [0.05, 0.1) is 18.1 Å². The first-order valence-corrected chi connectivity index (χ1v) is 14.4. The topological polar surface area (TPSA) is 97.7 Å². The molecule has 6 aliphatic rings. The molecular weight excluding hydrogens is 486 g/mol. The third-order valence-corrected chi connectivity index (χ3v) is 11.2. The maximum absolute atomic E-state index is 13.6. The highest BCUT2D eigenvalue weighted by Gasteiger charge is 2.77. The number of rotatable bonds is 2. The Morgan fingerprint density at radius 1 is 1.18 bits per heavy atom. The summed E-state index contributed by atoms with van der Waals surface area (Å²) < 4.78 is 24.3. The van der Waals surface area contributed by atoms with Crippen LogP contribution in [0.3, 0.4) is 0 Å². The lowest BCUT2D eigenvalue weighted by molar-refractivity contribution is -0.312. The summed E-state index contributed by atoms with van der Waals surface area (Å²) >= 11 is 0. The molecule has 2 heterocycles. The molecule has 1 amide bonds. The third kappa shape index (κ3) is 3.49. The molecule has 1 spiro atoms. The summed E-state index contributed by atoms with van der Waals surface area (Å²) in [5.41, 5.74) is -1.03. The number of hydrogen-bond donors (Lipinski definition) is 2. The fourth-order valence-electron chi connectivity index (χ4n) is 9.01. The van der Waals surface area contributed by atoms with Crippen LogP contribution in [-0.2, 0) is 18.9 Å². The van der Waals surface area contributed by atoms with E-state index in [0.717, 1.165) is 30.4 Å². The molecule has 2 bridgehead atoms. The van der Waals surface area contributed by atoms with Crippen molar-refractivity contribution in [2.45, 2.75) is 96.5 Å². The minimum absolute atomic E-state index is 0.0227. The maximum Gasteiger partial charge on any atom is 0.410 e. The predicted molar refractivity (Wildman–Crippen MR) is 140 cm³/mol. The molecule has 2 N–H and O–H groups in total. The highest BCUT2D eigenvalue weighted by atomic mass is 16.7. The number of hydrogen-bond acceptors (Lipinski definition) is 7. The van der Waals surface area contributed by atoms with E-state index in [0.29, 0.717) is 31.7 Å². The molecule has 0 aromatic heterocycles. The number of carbonyl (C=O) groups is 1. The molecule has 9 atom stereocenters. The molecule has 0 radical (unpaired) electrons. The highest BCUT2D eigenvalue weighted by Crippen LogP contribution is 2.73. The Morgan fingerprint density at radius 2 is 1.87 bits per heavy atom. The van der Waals surface area contributed by atoms with E-state index < -0.39 is 41.2 Å². The van der Waals surface area contributed by atoms with Gasteiger partial charge in [-0.3, -0.25) is 0 Å². The lowest BCUT2D eigenvalue weighted by Gasteiger charge is -2.55. The van der Waals surface area contributed by atoms with Crippen LogP contribution in [0.25, 0.3) is 0 Å². The second kappa shape index (κ2) is 8.53. The molecule has 8 nitrogen and oxygen atoms in total. The Kier molecular flexibility index (Phi) is 6.00. The van der Waals surface area contributed by atoms with Gasteiger partial charge in [0.25, 0.3) is 0 Å². The maximum atomic E-state index is 13.6. The Balaban J connectivity index is 1.44. The summed E-state index contributed by atoms with van der Waals surface area (Å²) in [6.45, 7) is 13.8. The van der Waals surface area contributed by atoms with Crippen LogP contribution < -0.4 is 0 Å². The van der Waals surface area contributed by atoms with Gasteiger partial charge in [-0.1, -0.05) is 32.9 Å². The van der Waals surface area contributed by atoms with Gasteiger partial charge >= 0.3 is 6.09 Å². The number of fused-ring (bicyclic) bond motifs is 5. The van der Waals surface area contributed by atoms with Crippen LogP contribution in [-0.4, -0.2) is 83.8 Å². The van der Waals surface area contributed by atoms with Crippen LogP contribution in [0.15, 0.2) is 23.3 Å². The lowest BCUT2D eigenvalue weighted by Crippen LogP contribution is -2.69. The fraction of sp³-hybridized carbons (Fsp3) is 0.833. The zero-order valence-corrected chi connectivity index (χ0v) is 23.9. The number of carbonyl (C=O) groups excluding carboxylic acids is 1. The van der Waals surface area contributed by atoms with E-state index in [1.807, 2.05) is 26.8 Å². The standard InChI is InChI=1S/C30H45NO7/c1-16-14-29-17(2)12-21-22(27(21,3)4)20(23(29)32)13-18-15-36-28(5,6)38-25(18)30(29,34)24(16)37-26(33)31(7)19-8-10-35-11-9-19/h13-14,17,19-25,32,34H,8-12,15H2,1-7H3/t17-,20+,21?,22+,23?,24+,25-,29+,30-/m1/s1. The molecule has 4 fully saturated rings. The van der Waals surface area contributed by atoms with Gasteiger partial charge in [0, 0.05) is 32.2 Å². The van der Waals surface area contributed by atoms with Gasteiger partial charge in [0.1, 0.15) is 11.7 Å². The van der Waals surface area contributed by atoms with E-state index in [4.69, 9.17) is 18.9 Å². The zero-order valence-electron chi connectivity index (χ0n) is 23.9. The number of aliphatic hydroxyl groups is 2. The van der Waals surface area contributed by atoms with Gasteiger partial charge in [-0.2, -0.15) is 0 Å². The van der Waals surface area contributed by atoms with Crippen molar-refractivity contribution < 1.29 is 34.0 Å². The molecule has 0 aromatic rings. The quantitative estimate of drug-likeness (QED) is 0.525. The van der Waals surface area contributed by atoms with Crippen molar-refractivity contribution in [3.63, 3.8) is 0 Å². The van der Waals surface area contributed by atoms with E-state index in [9.17, 15) is 15.0 Å². The van der Waals surface area contributed by atoms with Gasteiger partial charge in [0.2, 0.25) is 0 Å². The molecule has 4 aliphatic carbocycles. The number of nitrogens with zero attached hydrogens (tertiary/aromatic N) is 1. The molecule has 2 aliphatic heterocycles. The first kappa shape index (κ1) is 26.8. The van der Waals surface area contributed by atoms with Crippen LogP contribution in [0.1, 0.15) is 60.8 Å². The minimum atomic E-state index is -1.69. The van der Waals surface area contributed by atoms with E-state index in [1.54, 1.807) is 11.9 Å². The molecule has 0 aromatic carbocycles.